The van der Waals surface area contributed by atoms with E-state index in [4.69, 9.17) is 4.98 Å². The third-order valence-corrected chi connectivity index (χ3v) is 4.88. The Labute approximate surface area is 138 Å². The fourth-order valence-electron chi connectivity index (χ4n) is 3.64. The van der Waals surface area contributed by atoms with Crippen molar-refractivity contribution < 1.29 is 0 Å². The Morgan fingerprint density at radius 1 is 1.13 bits per heavy atom. The summed E-state index contributed by atoms with van der Waals surface area (Å²) in [5.74, 6) is 0.938. The van der Waals surface area contributed by atoms with E-state index in [0.29, 0.717) is 0 Å². The molecule has 0 unspecified atom stereocenters. The second-order valence-electron chi connectivity index (χ2n) is 6.79. The molecule has 4 rings (SSSR count). The van der Waals surface area contributed by atoms with Crippen LogP contribution >= 0.6 is 0 Å². The highest BCUT2D eigenvalue weighted by molar-refractivity contribution is 5.35. The molecule has 0 spiro atoms. The molecule has 4 nitrogen and oxygen atoms in total. The topological polar surface area (TPSA) is 32.3 Å². The summed E-state index contributed by atoms with van der Waals surface area (Å²) >= 11 is 0. The Hall–Kier alpha value is -1.94. The summed E-state index contributed by atoms with van der Waals surface area (Å²) < 4.78 is 0. The number of hydrogen-bond donors (Lipinski definition) is 0. The highest BCUT2D eigenvalue weighted by Gasteiger charge is 2.21. The summed E-state index contributed by atoms with van der Waals surface area (Å²) in [5, 5.41) is 0. The molecule has 1 fully saturated rings. The van der Waals surface area contributed by atoms with Gasteiger partial charge in [-0.05, 0) is 25.3 Å². The van der Waals surface area contributed by atoms with E-state index in [1.807, 2.05) is 0 Å². The van der Waals surface area contributed by atoms with Crippen LogP contribution in [0.1, 0.15) is 35.2 Å². The van der Waals surface area contributed by atoms with Crippen molar-refractivity contribution in [3.8, 4) is 0 Å². The molecule has 2 aliphatic heterocycles. The smallest absolute Gasteiger partial charge is 0.225 e. The van der Waals surface area contributed by atoms with E-state index in [2.05, 4.69) is 52.2 Å². The fraction of sp³-hybridized carbons (Fsp3) is 0.474. The van der Waals surface area contributed by atoms with Crippen LogP contribution < -0.4 is 4.90 Å². The van der Waals surface area contributed by atoms with E-state index in [-0.39, 0.29) is 0 Å². The van der Waals surface area contributed by atoms with Crippen molar-refractivity contribution in [3.05, 3.63) is 52.8 Å². The highest BCUT2D eigenvalue weighted by atomic mass is 15.3. The number of rotatable bonds is 3. The van der Waals surface area contributed by atoms with Crippen LogP contribution in [-0.2, 0) is 19.5 Å². The van der Waals surface area contributed by atoms with Crippen molar-refractivity contribution in [2.75, 3.05) is 24.5 Å². The van der Waals surface area contributed by atoms with E-state index in [9.17, 15) is 0 Å². The van der Waals surface area contributed by atoms with Gasteiger partial charge in [0.25, 0.3) is 0 Å². The van der Waals surface area contributed by atoms with E-state index < -0.39 is 0 Å². The van der Waals surface area contributed by atoms with Crippen LogP contribution in [0.15, 0.2) is 30.5 Å². The maximum Gasteiger partial charge on any atom is 0.225 e. The summed E-state index contributed by atoms with van der Waals surface area (Å²) in [6.07, 6.45) is 5.62. The second-order valence-corrected chi connectivity index (χ2v) is 6.79. The SMILES string of the molecule is Cc1cccc(CN2CCc3nc(N4CCCC4)ncc3C2)c1. The standard InChI is InChI=1S/C19H24N4/c1-15-5-4-6-16(11-15)13-22-10-7-18-17(14-22)12-20-19(21-18)23-8-2-3-9-23/h4-6,11-12H,2-3,7-10,13-14H2,1H3. The van der Waals surface area contributed by atoms with Gasteiger partial charge >= 0.3 is 0 Å². The third kappa shape index (κ3) is 3.22. The number of nitrogens with zero attached hydrogens (tertiary/aromatic N) is 4. The van der Waals surface area contributed by atoms with Crippen molar-refractivity contribution in [3.63, 3.8) is 0 Å². The monoisotopic (exact) mass is 308 g/mol. The van der Waals surface area contributed by atoms with Gasteiger partial charge in [-0.1, -0.05) is 29.8 Å². The molecule has 0 N–H and O–H groups in total. The number of aromatic nitrogens is 2. The minimum absolute atomic E-state index is 0.938. The highest BCUT2D eigenvalue weighted by Crippen LogP contribution is 2.22. The van der Waals surface area contributed by atoms with Gasteiger partial charge in [-0.25, -0.2) is 9.97 Å². The average Bonchev–Trinajstić information content (AvgIpc) is 3.09. The van der Waals surface area contributed by atoms with Crippen LogP contribution in [0.25, 0.3) is 0 Å². The summed E-state index contributed by atoms with van der Waals surface area (Å²) in [7, 11) is 0. The van der Waals surface area contributed by atoms with Crippen LogP contribution in [0, 0.1) is 6.92 Å². The van der Waals surface area contributed by atoms with Crippen molar-refractivity contribution >= 4 is 5.95 Å². The van der Waals surface area contributed by atoms with Crippen LogP contribution in [0.5, 0.6) is 0 Å². The quantitative estimate of drug-likeness (QED) is 0.872. The molecule has 1 aromatic carbocycles. The lowest BCUT2D eigenvalue weighted by Crippen LogP contribution is -2.31. The first-order valence-electron chi connectivity index (χ1n) is 8.65. The molecule has 0 radical (unpaired) electrons. The molecule has 0 bridgehead atoms. The minimum atomic E-state index is 0.938. The zero-order valence-corrected chi connectivity index (χ0v) is 13.8. The molecule has 0 atom stereocenters. The molecule has 3 heterocycles. The molecular formula is C19H24N4. The molecule has 2 aromatic rings. The maximum atomic E-state index is 4.84. The first-order valence-corrected chi connectivity index (χ1v) is 8.65. The predicted octanol–water partition coefficient (Wildman–Crippen LogP) is 2.94. The molecule has 1 aromatic heterocycles. The van der Waals surface area contributed by atoms with Crippen LogP contribution in [0.3, 0.4) is 0 Å². The molecular weight excluding hydrogens is 284 g/mol. The van der Waals surface area contributed by atoms with Crippen molar-refractivity contribution in [2.45, 2.75) is 39.3 Å². The average molecular weight is 308 g/mol. The molecule has 1 saturated heterocycles. The number of benzene rings is 1. The van der Waals surface area contributed by atoms with E-state index in [1.165, 1.54) is 35.2 Å². The number of hydrogen-bond acceptors (Lipinski definition) is 4. The van der Waals surface area contributed by atoms with Crippen LogP contribution in [0.2, 0.25) is 0 Å². The summed E-state index contributed by atoms with van der Waals surface area (Å²) in [5.41, 5.74) is 5.27. The second kappa shape index (κ2) is 6.28. The normalized spacial score (nSPS) is 18.2. The molecule has 0 saturated carbocycles. The first-order chi connectivity index (χ1) is 11.3. The molecule has 120 valence electrons. The van der Waals surface area contributed by atoms with Gasteiger partial charge in [0, 0.05) is 50.9 Å². The Kier molecular flexibility index (Phi) is 4.00. The zero-order chi connectivity index (χ0) is 15.6. The van der Waals surface area contributed by atoms with Gasteiger partial charge in [-0.2, -0.15) is 0 Å². The van der Waals surface area contributed by atoms with Gasteiger partial charge in [-0.15, -0.1) is 0 Å². The number of aryl methyl sites for hydroxylation is 1. The van der Waals surface area contributed by atoms with E-state index in [0.717, 1.165) is 45.1 Å². The molecule has 0 amide bonds. The van der Waals surface area contributed by atoms with Crippen molar-refractivity contribution in [2.24, 2.45) is 0 Å². The van der Waals surface area contributed by atoms with Crippen LogP contribution in [0.4, 0.5) is 5.95 Å². The Morgan fingerprint density at radius 2 is 2.00 bits per heavy atom. The van der Waals surface area contributed by atoms with Gasteiger partial charge in [0.2, 0.25) is 5.95 Å². The van der Waals surface area contributed by atoms with Gasteiger partial charge < -0.3 is 4.90 Å². The molecule has 2 aliphatic rings. The van der Waals surface area contributed by atoms with Crippen molar-refractivity contribution in [1.29, 1.82) is 0 Å². The largest absolute Gasteiger partial charge is 0.341 e. The lowest BCUT2D eigenvalue weighted by molar-refractivity contribution is 0.243. The molecule has 4 heteroatoms. The molecule has 0 aliphatic carbocycles. The number of anilines is 1. The first kappa shape index (κ1) is 14.6. The Morgan fingerprint density at radius 3 is 2.83 bits per heavy atom. The predicted molar refractivity (Wildman–Crippen MR) is 92.5 cm³/mol. The lowest BCUT2D eigenvalue weighted by atomic mass is 10.1. The maximum absolute atomic E-state index is 4.84. The van der Waals surface area contributed by atoms with Gasteiger partial charge in [0.1, 0.15) is 0 Å². The molecule has 23 heavy (non-hydrogen) atoms. The third-order valence-electron chi connectivity index (χ3n) is 4.88. The lowest BCUT2D eigenvalue weighted by Gasteiger charge is -2.28. The zero-order valence-electron chi connectivity index (χ0n) is 13.8. The van der Waals surface area contributed by atoms with E-state index >= 15 is 0 Å². The fourth-order valence-corrected chi connectivity index (χ4v) is 3.64. The summed E-state index contributed by atoms with van der Waals surface area (Å²) in [6, 6.07) is 8.80. The summed E-state index contributed by atoms with van der Waals surface area (Å²) in [6.45, 7) is 7.43. The van der Waals surface area contributed by atoms with Gasteiger partial charge in [0.05, 0.1) is 5.69 Å². The minimum Gasteiger partial charge on any atom is -0.341 e. The Bertz CT molecular complexity index is 692. The Balaban J connectivity index is 1.47. The van der Waals surface area contributed by atoms with Crippen molar-refractivity contribution in [1.82, 2.24) is 14.9 Å². The summed E-state index contributed by atoms with van der Waals surface area (Å²) in [4.78, 5) is 14.3. The van der Waals surface area contributed by atoms with Crippen LogP contribution in [-0.4, -0.2) is 34.5 Å². The van der Waals surface area contributed by atoms with E-state index in [1.54, 1.807) is 0 Å². The number of fused-ring (bicyclic) bond motifs is 1. The van der Waals surface area contributed by atoms with Gasteiger partial charge in [-0.3, -0.25) is 4.90 Å². The van der Waals surface area contributed by atoms with Gasteiger partial charge in [0.15, 0.2) is 0 Å².